The van der Waals surface area contributed by atoms with Crippen LogP contribution in [0.5, 0.6) is 0 Å². The second kappa shape index (κ2) is 7.48. The fourth-order valence-corrected chi connectivity index (χ4v) is 1.69. The summed E-state index contributed by atoms with van der Waals surface area (Å²) >= 11 is 5.39. The Bertz CT molecular complexity index is 337. The van der Waals surface area contributed by atoms with Crippen molar-refractivity contribution < 1.29 is 19.1 Å². The number of ether oxygens (including phenoxy) is 1. The Labute approximate surface area is 106 Å². The van der Waals surface area contributed by atoms with Gasteiger partial charge < -0.3 is 14.3 Å². The summed E-state index contributed by atoms with van der Waals surface area (Å²) < 4.78 is 10.1. The standard InChI is InChI=1S/C6H5ClO2.C6H12O2/c7-3-5-1-2-6(4-8)9-5;1-5-2-3-6(4-7)8-5/h1-2,4H,3H2;5-7H,2-4H2,1H3. The number of aliphatic hydroxyl groups excluding tert-OH is 1. The molecule has 0 radical (unpaired) electrons. The van der Waals surface area contributed by atoms with E-state index < -0.39 is 0 Å². The van der Waals surface area contributed by atoms with E-state index in [0.29, 0.717) is 29.8 Å². The first-order valence-corrected chi connectivity index (χ1v) is 6.09. The molecule has 0 bridgehead atoms. The van der Waals surface area contributed by atoms with Crippen LogP contribution in [0.2, 0.25) is 0 Å². The number of furan rings is 1. The van der Waals surface area contributed by atoms with E-state index in [9.17, 15) is 4.79 Å². The maximum atomic E-state index is 10.00. The van der Waals surface area contributed by atoms with Gasteiger partial charge in [-0.15, -0.1) is 11.6 Å². The molecule has 2 heterocycles. The summed E-state index contributed by atoms with van der Waals surface area (Å²) in [6.07, 6.45) is 3.27. The first-order chi connectivity index (χ1) is 8.19. The first-order valence-electron chi connectivity index (χ1n) is 5.55. The lowest BCUT2D eigenvalue weighted by Gasteiger charge is -2.05. The highest BCUT2D eigenvalue weighted by Crippen LogP contribution is 2.17. The Morgan fingerprint density at radius 1 is 1.53 bits per heavy atom. The molecule has 2 atom stereocenters. The predicted octanol–water partition coefficient (Wildman–Crippen LogP) is 2.38. The lowest BCUT2D eigenvalue weighted by Crippen LogP contribution is -2.11. The smallest absolute Gasteiger partial charge is 0.185 e. The van der Waals surface area contributed by atoms with E-state index in [0.717, 1.165) is 12.8 Å². The molecule has 1 N–H and O–H groups in total. The summed E-state index contributed by atoms with van der Waals surface area (Å²) in [5.74, 6) is 1.26. The monoisotopic (exact) mass is 260 g/mol. The van der Waals surface area contributed by atoms with Gasteiger partial charge in [-0.3, -0.25) is 4.79 Å². The van der Waals surface area contributed by atoms with E-state index in [1.807, 2.05) is 6.92 Å². The SMILES string of the molecule is CC1CCC(CO)O1.O=Cc1ccc(CCl)o1. The van der Waals surface area contributed by atoms with Crippen molar-refractivity contribution in [1.82, 2.24) is 0 Å². The highest BCUT2D eigenvalue weighted by Gasteiger charge is 2.19. The van der Waals surface area contributed by atoms with Crippen molar-refractivity contribution >= 4 is 17.9 Å². The van der Waals surface area contributed by atoms with Crippen molar-refractivity contribution in [2.75, 3.05) is 6.61 Å². The summed E-state index contributed by atoms with van der Waals surface area (Å²) in [5.41, 5.74) is 0. The molecular formula is C12H17ClO4. The van der Waals surface area contributed by atoms with Gasteiger partial charge >= 0.3 is 0 Å². The minimum absolute atomic E-state index is 0.130. The van der Waals surface area contributed by atoms with Gasteiger partial charge in [0.2, 0.25) is 0 Å². The zero-order valence-corrected chi connectivity index (χ0v) is 10.5. The average Bonchev–Trinajstić information content (AvgIpc) is 2.97. The van der Waals surface area contributed by atoms with E-state index in [4.69, 9.17) is 25.9 Å². The van der Waals surface area contributed by atoms with Crippen molar-refractivity contribution in [3.05, 3.63) is 23.7 Å². The van der Waals surface area contributed by atoms with Gasteiger partial charge in [-0.25, -0.2) is 0 Å². The third kappa shape index (κ3) is 4.89. The van der Waals surface area contributed by atoms with Crippen LogP contribution in [0.1, 0.15) is 36.1 Å². The molecule has 1 aromatic heterocycles. The van der Waals surface area contributed by atoms with Gasteiger partial charge in [0, 0.05) is 0 Å². The topological polar surface area (TPSA) is 59.7 Å². The fourth-order valence-electron chi connectivity index (χ4n) is 1.55. The lowest BCUT2D eigenvalue weighted by molar-refractivity contribution is 0.0198. The Hall–Kier alpha value is -0.840. The Balaban J connectivity index is 0.000000171. The highest BCUT2D eigenvalue weighted by molar-refractivity contribution is 6.16. The maximum absolute atomic E-state index is 10.00. The fraction of sp³-hybridized carbons (Fsp3) is 0.583. The molecule has 1 aromatic rings. The maximum Gasteiger partial charge on any atom is 0.185 e. The summed E-state index contributed by atoms with van der Waals surface area (Å²) in [6, 6.07) is 3.27. The summed E-state index contributed by atoms with van der Waals surface area (Å²) in [5, 5.41) is 8.56. The molecule has 0 aliphatic carbocycles. The molecule has 96 valence electrons. The third-order valence-electron chi connectivity index (χ3n) is 2.45. The average molecular weight is 261 g/mol. The van der Waals surface area contributed by atoms with Crippen molar-refractivity contribution in [1.29, 1.82) is 0 Å². The lowest BCUT2D eigenvalue weighted by atomic mass is 10.2. The van der Waals surface area contributed by atoms with E-state index in [1.54, 1.807) is 12.1 Å². The molecule has 5 heteroatoms. The highest BCUT2D eigenvalue weighted by atomic mass is 35.5. The van der Waals surface area contributed by atoms with Crippen LogP contribution in [-0.4, -0.2) is 30.2 Å². The van der Waals surface area contributed by atoms with Crippen molar-refractivity contribution in [3.8, 4) is 0 Å². The normalized spacial score (nSPS) is 23.0. The number of hydrogen-bond donors (Lipinski definition) is 1. The number of aliphatic hydroxyl groups is 1. The predicted molar refractivity (Wildman–Crippen MR) is 64.3 cm³/mol. The molecule has 0 aromatic carbocycles. The molecule has 0 saturated carbocycles. The van der Waals surface area contributed by atoms with Crippen molar-refractivity contribution in [2.45, 2.75) is 37.9 Å². The van der Waals surface area contributed by atoms with Gasteiger partial charge in [-0.2, -0.15) is 0 Å². The molecule has 1 fully saturated rings. The van der Waals surface area contributed by atoms with E-state index >= 15 is 0 Å². The van der Waals surface area contributed by atoms with Crippen LogP contribution in [0.15, 0.2) is 16.5 Å². The van der Waals surface area contributed by atoms with Crippen LogP contribution in [0.4, 0.5) is 0 Å². The molecule has 0 amide bonds. The van der Waals surface area contributed by atoms with Gasteiger partial charge in [0.05, 0.1) is 24.7 Å². The molecule has 17 heavy (non-hydrogen) atoms. The van der Waals surface area contributed by atoms with Crippen LogP contribution in [-0.2, 0) is 10.6 Å². The molecule has 1 aliphatic rings. The first kappa shape index (κ1) is 14.2. The molecule has 4 nitrogen and oxygen atoms in total. The zero-order chi connectivity index (χ0) is 12.7. The van der Waals surface area contributed by atoms with Crippen molar-refractivity contribution in [2.24, 2.45) is 0 Å². The van der Waals surface area contributed by atoms with E-state index in [1.165, 1.54) is 0 Å². The second-order valence-electron chi connectivity index (χ2n) is 3.88. The minimum atomic E-state index is 0.130. The van der Waals surface area contributed by atoms with Gasteiger partial charge in [0.1, 0.15) is 5.76 Å². The number of carbonyl (C=O) groups excluding carboxylic acids is 1. The van der Waals surface area contributed by atoms with Crippen LogP contribution < -0.4 is 0 Å². The molecule has 0 spiro atoms. The number of hydrogen-bond acceptors (Lipinski definition) is 4. The van der Waals surface area contributed by atoms with Gasteiger partial charge in [-0.1, -0.05) is 0 Å². The molecule has 2 unspecified atom stereocenters. The molecule has 1 aliphatic heterocycles. The number of rotatable bonds is 3. The van der Waals surface area contributed by atoms with E-state index in [2.05, 4.69) is 0 Å². The number of carbonyl (C=O) groups is 1. The Morgan fingerprint density at radius 3 is 2.59 bits per heavy atom. The summed E-state index contributed by atoms with van der Waals surface area (Å²) in [6.45, 7) is 2.22. The number of aldehydes is 1. The minimum Gasteiger partial charge on any atom is -0.457 e. The van der Waals surface area contributed by atoms with Crippen LogP contribution in [0.25, 0.3) is 0 Å². The van der Waals surface area contributed by atoms with Crippen LogP contribution in [0.3, 0.4) is 0 Å². The quantitative estimate of drug-likeness (QED) is 0.670. The second-order valence-corrected chi connectivity index (χ2v) is 4.15. The Morgan fingerprint density at radius 2 is 2.29 bits per heavy atom. The molecular weight excluding hydrogens is 244 g/mol. The van der Waals surface area contributed by atoms with Crippen LogP contribution in [0, 0.1) is 0 Å². The third-order valence-corrected chi connectivity index (χ3v) is 2.72. The zero-order valence-electron chi connectivity index (χ0n) is 9.77. The summed E-state index contributed by atoms with van der Waals surface area (Å²) in [7, 11) is 0. The van der Waals surface area contributed by atoms with Gasteiger partial charge in [0.15, 0.2) is 12.0 Å². The molecule has 2 rings (SSSR count). The number of halogens is 1. The Kier molecular flexibility index (Phi) is 6.26. The number of alkyl halides is 1. The largest absolute Gasteiger partial charge is 0.457 e. The van der Waals surface area contributed by atoms with Crippen molar-refractivity contribution in [3.63, 3.8) is 0 Å². The molecule has 1 saturated heterocycles. The van der Waals surface area contributed by atoms with Gasteiger partial charge in [-0.05, 0) is 31.9 Å². The van der Waals surface area contributed by atoms with Crippen LogP contribution >= 0.6 is 11.6 Å². The van der Waals surface area contributed by atoms with E-state index in [-0.39, 0.29) is 12.7 Å². The van der Waals surface area contributed by atoms with Gasteiger partial charge in [0.25, 0.3) is 0 Å². The summed E-state index contributed by atoms with van der Waals surface area (Å²) in [4.78, 5) is 10.00.